The number of rotatable bonds is 4. The topological polar surface area (TPSA) is 95.2 Å². The van der Waals surface area contributed by atoms with Crippen LogP contribution in [0.3, 0.4) is 0 Å². The highest BCUT2D eigenvalue weighted by atomic mass is 32.2. The van der Waals surface area contributed by atoms with Gasteiger partial charge in [0.05, 0.1) is 4.90 Å². The van der Waals surface area contributed by atoms with Crippen molar-refractivity contribution in [3.8, 4) is 11.6 Å². The van der Waals surface area contributed by atoms with Gasteiger partial charge in [-0.05, 0) is 18.2 Å². The molecule has 0 unspecified atom stereocenters. The summed E-state index contributed by atoms with van der Waals surface area (Å²) in [5.74, 6) is 1.66. The van der Waals surface area contributed by atoms with Gasteiger partial charge in [-0.25, -0.2) is 13.4 Å². The second-order valence-electron chi connectivity index (χ2n) is 4.99. The van der Waals surface area contributed by atoms with Gasteiger partial charge in [0.1, 0.15) is 17.4 Å². The van der Waals surface area contributed by atoms with Crippen LogP contribution in [0.15, 0.2) is 35.2 Å². The summed E-state index contributed by atoms with van der Waals surface area (Å²) in [6.07, 6.45) is 1.14. The summed E-state index contributed by atoms with van der Waals surface area (Å²) in [6, 6.07) is 7.72. The third-order valence-corrected chi connectivity index (χ3v) is 3.82. The molecule has 21 heavy (non-hydrogen) atoms. The summed E-state index contributed by atoms with van der Waals surface area (Å²) in [5, 5.41) is 0. The third-order valence-electron chi connectivity index (χ3n) is 2.71. The van der Waals surface area contributed by atoms with Crippen molar-refractivity contribution in [2.45, 2.75) is 24.7 Å². The monoisotopic (exact) mass is 307 g/mol. The maximum Gasteiger partial charge on any atom is 0.224 e. The molecule has 7 heteroatoms. The van der Waals surface area contributed by atoms with Gasteiger partial charge in [0.2, 0.25) is 5.88 Å². The Morgan fingerprint density at radius 3 is 2.52 bits per heavy atom. The molecule has 0 bridgehead atoms. The number of hydrogen-bond donors (Lipinski definition) is 1. The Kier molecular flexibility index (Phi) is 4.13. The first kappa shape index (κ1) is 15.2. The minimum absolute atomic E-state index is 0.109. The zero-order valence-corrected chi connectivity index (χ0v) is 12.9. The minimum atomic E-state index is -3.28. The van der Waals surface area contributed by atoms with E-state index < -0.39 is 9.84 Å². The lowest BCUT2D eigenvalue weighted by molar-refractivity contribution is 0.456. The molecule has 0 aliphatic heterocycles. The maximum absolute atomic E-state index is 11.5. The summed E-state index contributed by atoms with van der Waals surface area (Å²) >= 11 is 0. The van der Waals surface area contributed by atoms with Crippen LogP contribution in [0, 0.1) is 0 Å². The Labute approximate surface area is 123 Å². The van der Waals surface area contributed by atoms with Crippen molar-refractivity contribution in [2.75, 3.05) is 12.0 Å². The Morgan fingerprint density at radius 1 is 1.19 bits per heavy atom. The lowest BCUT2D eigenvalue weighted by Crippen LogP contribution is -2.03. The molecule has 0 saturated heterocycles. The van der Waals surface area contributed by atoms with Gasteiger partial charge < -0.3 is 10.5 Å². The van der Waals surface area contributed by atoms with E-state index in [2.05, 4.69) is 9.97 Å². The quantitative estimate of drug-likeness (QED) is 0.931. The van der Waals surface area contributed by atoms with Crippen LogP contribution in [0.2, 0.25) is 0 Å². The first-order valence-electron chi connectivity index (χ1n) is 6.38. The van der Waals surface area contributed by atoms with Crippen LogP contribution >= 0.6 is 0 Å². The van der Waals surface area contributed by atoms with E-state index >= 15 is 0 Å². The zero-order valence-electron chi connectivity index (χ0n) is 12.1. The average Bonchev–Trinajstić information content (AvgIpc) is 2.37. The van der Waals surface area contributed by atoms with Crippen molar-refractivity contribution in [2.24, 2.45) is 0 Å². The molecule has 2 rings (SSSR count). The van der Waals surface area contributed by atoms with E-state index in [0.29, 0.717) is 17.4 Å². The van der Waals surface area contributed by atoms with E-state index in [-0.39, 0.29) is 16.7 Å². The van der Waals surface area contributed by atoms with Crippen LogP contribution in [0.4, 0.5) is 5.82 Å². The van der Waals surface area contributed by atoms with Gasteiger partial charge in [0, 0.05) is 18.2 Å². The van der Waals surface area contributed by atoms with Gasteiger partial charge in [0.15, 0.2) is 9.84 Å². The highest BCUT2D eigenvalue weighted by Gasteiger charge is 2.11. The Hall–Kier alpha value is -2.15. The molecule has 0 spiro atoms. The lowest BCUT2D eigenvalue weighted by atomic mass is 10.2. The highest BCUT2D eigenvalue weighted by molar-refractivity contribution is 7.90. The number of sulfone groups is 1. The summed E-state index contributed by atoms with van der Waals surface area (Å²) in [4.78, 5) is 8.57. The Bertz CT molecular complexity index is 758. The van der Waals surface area contributed by atoms with Crippen LogP contribution < -0.4 is 10.5 Å². The number of aromatic nitrogens is 2. The van der Waals surface area contributed by atoms with Gasteiger partial charge in [0.25, 0.3) is 0 Å². The largest absolute Gasteiger partial charge is 0.439 e. The third kappa shape index (κ3) is 3.91. The van der Waals surface area contributed by atoms with E-state index in [1.54, 1.807) is 12.1 Å². The number of benzene rings is 1. The molecule has 2 N–H and O–H groups in total. The molecule has 1 aromatic heterocycles. The van der Waals surface area contributed by atoms with E-state index in [1.807, 2.05) is 13.8 Å². The number of hydrogen-bond acceptors (Lipinski definition) is 6. The summed E-state index contributed by atoms with van der Waals surface area (Å²) < 4.78 is 28.7. The molecular weight excluding hydrogens is 290 g/mol. The predicted octanol–water partition coefficient (Wildman–Crippen LogP) is 2.38. The average molecular weight is 307 g/mol. The maximum atomic E-state index is 11.5. The molecule has 0 amide bonds. The van der Waals surface area contributed by atoms with E-state index in [1.165, 1.54) is 18.2 Å². The normalized spacial score (nSPS) is 11.6. The number of nitrogens with two attached hydrogens (primary N) is 1. The summed E-state index contributed by atoms with van der Waals surface area (Å²) in [5.41, 5.74) is 5.72. The van der Waals surface area contributed by atoms with Crippen molar-refractivity contribution in [3.63, 3.8) is 0 Å². The summed E-state index contributed by atoms with van der Waals surface area (Å²) in [6.45, 7) is 3.89. The van der Waals surface area contributed by atoms with Gasteiger partial charge in [-0.2, -0.15) is 4.98 Å². The molecule has 0 saturated carbocycles. The van der Waals surface area contributed by atoms with Crippen LogP contribution in [0.25, 0.3) is 0 Å². The molecule has 1 aromatic carbocycles. The predicted molar refractivity (Wildman–Crippen MR) is 80.2 cm³/mol. The molecule has 0 aliphatic carbocycles. The lowest BCUT2D eigenvalue weighted by Gasteiger charge is -2.10. The number of nitrogens with zero attached hydrogens (tertiary/aromatic N) is 2. The molecule has 0 fully saturated rings. The van der Waals surface area contributed by atoms with E-state index in [0.717, 1.165) is 6.26 Å². The smallest absolute Gasteiger partial charge is 0.224 e. The Balaban J connectivity index is 2.34. The minimum Gasteiger partial charge on any atom is -0.439 e. The molecule has 1 heterocycles. The van der Waals surface area contributed by atoms with Crippen LogP contribution in [0.1, 0.15) is 25.6 Å². The number of nitrogen functional groups attached to an aromatic ring is 1. The molecular formula is C14H17N3O3S. The fourth-order valence-corrected chi connectivity index (χ4v) is 2.32. The van der Waals surface area contributed by atoms with E-state index in [9.17, 15) is 8.42 Å². The highest BCUT2D eigenvalue weighted by Crippen LogP contribution is 2.24. The Morgan fingerprint density at radius 2 is 1.90 bits per heavy atom. The molecule has 0 radical (unpaired) electrons. The van der Waals surface area contributed by atoms with Crippen molar-refractivity contribution >= 4 is 15.7 Å². The van der Waals surface area contributed by atoms with E-state index in [4.69, 9.17) is 10.5 Å². The standard InChI is InChI=1S/C14H17N3O3S/c1-9(2)14-16-12(15)8-13(17-14)20-10-5-4-6-11(7-10)21(3,18)19/h4-9H,1-3H3,(H2,15,16,17). The zero-order chi connectivity index (χ0) is 15.6. The van der Waals surface area contributed by atoms with Crippen LogP contribution in [0.5, 0.6) is 11.6 Å². The van der Waals surface area contributed by atoms with Crippen LogP contribution in [-0.2, 0) is 9.84 Å². The molecule has 6 nitrogen and oxygen atoms in total. The molecule has 2 aromatic rings. The number of anilines is 1. The van der Waals surface area contributed by atoms with Crippen molar-refractivity contribution < 1.29 is 13.2 Å². The van der Waals surface area contributed by atoms with Gasteiger partial charge in [-0.3, -0.25) is 0 Å². The molecule has 0 aliphatic rings. The molecule has 0 atom stereocenters. The second kappa shape index (κ2) is 5.69. The fourth-order valence-electron chi connectivity index (χ4n) is 1.66. The van der Waals surface area contributed by atoms with Gasteiger partial charge >= 0.3 is 0 Å². The first-order chi connectivity index (χ1) is 9.75. The SMILES string of the molecule is CC(C)c1nc(N)cc(Oc2cccc(S(C)(=O)=O)c2)n1. The fraction of sp³-hybridized carbons (Fsp3) is 0.286. The van der Waals surface area contributed by atoms with Crippen molar-refractivity contribution in [3.05, 3.63) is 36.2 Å². The summed E-state index contributed by atoms with van der Waals surface area (Å²) in [7, 11) is -3.28. The van der Waals surface area contributed by atoms with Crippen molar-refractivity contribution in [1.29, 1.82) is 0 Å². The second-order valence-corrected chi connectivity index (χ2v) is 7.01. The number of ether oxygens (including phenoxy) is 1. The van der Waals surface area contributed by atoms with Crippen molar-refractivity contribution in [1.82, 2.24) is 9.97 Å². The molecule has 112 valence electrons. The van der Waals surface area contributed by atoms with Gasteiger partial charge in [-0.15, -0.1) is 0 Å². The first-order valence-corrected chi connectivity index (χ1v) is 8.27. The van der Waals surface area contributed by atoms with Gasteiger partial charge in [-0.1, -0.05) is 19.9 Å². The van der Waals surface area contributed by atoms with Crippen LogP contribution in [-0.4, -0.2) is 24.6 Å².